The Hall–Kier alpha value is -2.02. The monoisotopic (exact) mass is 270 g/mol. The van der Waals surface area contributed by atoms with Gasteiger partial charge in [-0.15, -0.1) is 0 Å². The molecule has 0 aliphatic carbocycles. The topological polar surface area (TPSA) is 82.9 Å². The molecular weight excluding hydrogens is 252 g/mol. The number of nitro benzene ring substituents is 1. The Morgan fingerprint density at radius 1 is 1.26 bits per heavy atom. The van der Waals surface area contributed by atoms with Crippen LogP contribution in [-0.2, 0) is 0 Å². The van der Waals surface area contributed by atoms with E-state index in [9.17, 15) is 10.1 Å². The minimum Gasteiger partial charge on any atom is -0.493 e. The SMILES string of the molecule is CNCC(C)Oc1cc(OC)c(OC)cc1[N+](=O)[O-]. The molecule has 1 rings (SSSR count). The van der Waals surface area contributed by atoms with E-state index in [0.29, 0.717) is 18.0 Å². The highest BCUT2D eigenvalue weighted by atomic mass is 16.6. The van der Waals surface area contributed by atoms with Gasteiger partial charge in [-0.05, 0) is 14.0 Å². The Bertz CT molecular complexity index is 450. The number of nitrogens with one attached hydrogen (secondary N) is 1. The molecule has 0 amide bonds. The average molecular weight is 270 g/mol. The van der Waals surface area contributed by atoms with Gasteiger partial charge < -0.3 is 19.5 Å². The predicted molar refractivity (Wildman–Crippen MR) is 70.2 cm³/mol. The van der Waals surface area contributed by atoms with Crippen LogP contribution in [0.2, 0.25) is 0 Å². The molecule has 0 aromatic heterocycles. The first kappa shape index (κ1) is 15.0. The molecule has 19 heavy (non-hydrogen) atoms. The molecule has 0 saturated heterocycles. The normalized spacial score (nSPS) is 11.8. The Labute approximate surface area is 111 Å². The third-order valence-electron chi connectivity index (χ3n) is 2.48. The van der Waals surface area contributed by atoms with Crippen molar-refractivity contribution in [1.29, 1.82) is 0 Å². The molecule has 0 radical (unpaired) electrons. The summed E-state index contributed by atoms with van der Waals surface area (Å²) in [6.07, 6.45) is -0.207. The van der Waals surface area contributed by atoms with Crippen LogP contribution >= 0.6 is 0 Å². The zero-order valence-corrected chi connectivity index (χ0v) is 11.4. The summed E-state index contributed by atoms with van der Waals surface area (Å²) in [6, 6.07) is 2.75. The second kappa shape index (κ2) is 6.79. The molecule has 0 spiro atoms. The van der Waals surface area contributed by atoms with E-state index >= 15 is 0 Å². The first-order valence-electron chi connectivity index (χ1n) is 5.75. The Morgan fingerprint density at radius 3 is 2.32 bits per heavy atom. The van der Waals surface area contributed by atoms with Crippen LogP contribution in [0.25, 0.3) is 0 Å². The van der Waals surface area contributed by atoms with Crippen LogP contribution in [0.3, 0.4) is 0 Å². The van der Waals surface area contributed by atoms with Gasteiger partial charge in [-0.25, -0.2) is 0 Å². The molecule has 0 aliphatic heterocycles. The van der Waals surface area contributed by atoms with Gasteiger partial charge in [-0.2, -0.15) is 0 Å². The first-order chi connectivity index (χ1) is 9.03. The second-order valence-corrected chi connectivity index (χ2v) is 3.92. The molecule has 7 nitrogen and oxygen atoms in total. The molecule has 1 aromatic carbocycles. The van der Waals surface area contributed by atoms with Gasteiger partial charge in [0.1, 0.15) is 6.10 Å². The smallest absolute Gasteiger partial charge is 0.314 e. The van der Waals surface area contributed by atoms with Crippen molar-refractivity contribution in [2.75, 3.05) is 27.8 Å². The lowest BCUT2D eigenvalue weighted by atomic mass is 10.2. The van der Waals surface area contributed by atoms with E-state index in [-0.39, 0.29) is 17.5 Å². The highest BCUT2D eigenvalue weighted by Gasteiger charge is 2.22. The summed E-state index contributed by atoms with van der Waals surface area (Å²) in [5.41, 5.74) is -0.152. The number of likely N-dealkylation sites (N-methyl/N-ethyl adjacent to an activating group) is 1. The lowest BCUT2D eigenvalue weighted by Crippen LogP contribution is -2.26. The van der Waals surface area contributed by atoms with Gasteiger partial charge in [0.2, 0.25) is 5.75 Å². The zero-order chi connectivity index (χ0) is 14.4. The molecule has 1 unspecified atom stereocenters. The number of hydrogen-bond acceptors (Lipinski definition) is 6. The molecule has 0 aliphatic rings. The average Bonchev–Trinajstić information content (AvgIpc) is 2.38. The van der Waals surface area contributed by atoms with E-state index in [1.54, 1.807) is 7.05 Å². The number of benzene rings is 1. The van der Waals surface area contributed by atoms with Gasteiger partial charge in [-0.3, -0.25) is 10.1 Å². The van der Waals surface area contributed by atoms with Crippen LogP contribution in [0.15, 0.2) is 12.1 Å². The number of methoxy groups -OCH3 is 2. The predicted octanol–water partition coefficient (Wildman–Crippen LogP) is 1.60. The van der Waals surface area contributed by atoms with Gasteiger partial charge in [0.15, 0.2) is 11.5 Å². The van der Waals surface area contributed by atoms with Crippen molar-refractivity contribution < 1.29 is 19.1 Å². The van der Waals surface area contributed by atoms with Crippen molar-refractivity contribution in [1.82, 2.24) is 5.32 Å². The van der Waals surface area contributed by atoms with E-state index in [2.05, 4.69) is 5.32 Å². The lowest BCUT2D eigenvalue weighted by molar-refractivity contribution is -0.386. The molecule has 0 saturated carbocycles. The van der Waals surface area contributed by atoms with Crippen LogP contribution in [-0.4, -0.2) is 38.8 Å². The van der Waals surface area contributed by atoms with Crippen LogP contribution < -0.4 is 19.5 Å². The number of rotatable bonds is 7. The zero-order valence-electron chi connectivity index (χ0n) is 11.4. The van der Waals surface area contributed by atoms with Crippen molar-refractivity contribution in [2.45, 2.75) is 13.0 Å². The highest BCUT2D eigenvalue weighted by Crippen LogP contribution is 2.39. The fourth-order valence-electron chi connectivity index (χ4n) is 1.63. The fourth-order valence-corrected chi connectivity index (χ4v) is 1.63. The summed E-state index contributed by atoms with van der Waals surface area (Å²) in [7, 11) is 4.67. The quantitative estimate of drug-likeness (QED) is 0.598. The highest BCUT2D eigenvalue weighted by molar-refractivity contribution is 5.58. The summed E-state index contributed by atoms with van der Waals surface area (Å²) < 4.78 is 15.7. The summed E-state index contributed by atoms with van der Waals surface area (Å²) in [6.45, 7) is 2.39. The molecule has 1 N–H and O–H groups in total. The van der Waals surface area contributed by atoms with Crippen molar-refractivity contribution in [3.63, 3.8) is 0 Å². The molecule has 0 heterocycles. The lowest BCUT2D eigenvalue weighted by Gasteiger charge is -2.16. The maximum Gasteiger partial charge on any atom is 0.314 e. The van der Waals surface area contributed by atoms with Gasteiger partial charge in [0.25, 0.3) is 0 Å². The van der Waals surface area contributed by atoms with Crippen molar-refractivity contribution >= 4 is 5.69 Å². The largest absolute Gasteiger partial charge is 0.493 e. The maximum absolute atomic E-state index is 11.0. The summed E-state index contributed by atoms with van der Waals surface area (Å²) >= 11 is 0. The van der Waals surface area contributed by atoms with Crippen molar-refractivity contribution in [2.24, 2.45) is 0 Å². The van der Waals surface area contributed by atoms with Crippen LogP contribution in [0.5, 0.6) is 17.2 Å². The molecular formula is C12H18N2O5. The first-order valence-corrected chi connectivity index (χ1v) is 5.75. The fraction of sp³-hybridized carbons (Fsp3) is 0.500. The Morgan fingerprint density at radius 2 is 1.84 bits per heavy atom. The Kier molecular flexibility index (Phi) is 5.37. The molecule has 0 bridgehead atoms. The van der Waals surface area contributed by atoms with Gasteiger partial charge in [0.05, 0.1) is 25.2 Å². The number of nitro groups is 1. The molecule has 0 fully saturated rings. The maximum atomic E-state index is 11.0. The third-order valence-corrected chi connectivity index (χ3v) is 2.48. The van der Waals surface area contributed by atoms with Gasteiger partial charge >= 0.3 is 5.69 Å². The molecule has 106 valence electrons. The molecule has 1 aromatic rings. The van der Waals surface area contributed by atoms with Crippen molar-refractivity contribution in [3.05, 3.63) is 22.2 Å². The minimum absolute atomic E-state index is 0.152. The second-order valence-electron chi connectivity index (χ2n) is 3.92. The number of ether oxygens (including phenoxy) is 3. The van der Waals surface area contributed by atoms with Crippen LogP contribution in [0.1, 0.15) is 6.92 Å². The summed E-state index contributed by atoms with van der Waals surface area (Å²) in [5.74, 6) is 0.841. The molecule has 7 heteroatoms. The number of nitrogens with zero attached hydrogens (tertiary/aromatic N) is 1. The van der Waals surface area contributed by atoms with Crippen LogP contribution in [0, 0.1) is 10.1 Å². The van der Waals surface area contributed by atoms with E-state index in [4.69, 9.17) is 14.2 Å². The van der Waals surface area contributed by atoms with E-state index in [1.807, 2.05) is 6.92 Å². The standard InChI is InChI=1S/C12H18N2O5/c1-8(7-13-2)19-10-6-12(18-4)11(17-3)5-9(10)14(15)16/h5-6,8,13H,7H2,1-4H3. The Balaban J connectivity index is 3.16. The third kappa shape index (κ3) is 3.72. The minimum atomic E-state index is -0.511. The summed E-state index contributed by atoms with van der Waals surface area (Å²) in [4.78, 5) is 10.5. The van der Waals surface area contributed by atoms with Gasteiger partial charge in [-0.1, -0.05) is 0 Å². The van der Waals surface area contributed by atoms with Crippen molar-refractivity contribution in [3.8, 4) is 17.2 Å². The van der Waals surface area contributed by atoms with E-state index in [0.717, 1.165) is 0 Å². The van der Waals surface area contributed by atoms with E-state index in [1.165, 1.54) is 26.4 Å². The number of hydrogen-bond donors (Lipinski definition) is 1. The van der Waals surface area contributed by atoms with Crippen LogP contribution in [0.4, 0.5) is 5.69 Å². The van der Waals surface area contributed by atoms with E-state index < -0.39 is 4.92 Å². The van der Waals surface area contributed by atoms with Gasteiger partial charge in [0, 0.05) is 12.6 Å². The summed E-state index contributed by atoms with van der Waals surface area (Å²) in [5, 5.41) is 14.0. The molecule has 1 atom stereocenters.